The molecule has 0 spiro atoms. The van der Waals surface area contributed by atoms with E-state index in [1.165, 1.54) is 16.8 Å². The van der Waals surface area contributed by atoms with Gasteiger partial charge >= 0.3 is 0 Å². The van der Waals surface area contributed by atoms with Crippen molar-refractivity contribution in [1.29, 1.82) is 0 Å². The van der Waals surface area contributed by atoms with Crippen LogP contribution in [0.25, 0.3) is 0 Å². The first kappa shape index (κ1) is 13.1. The van der Waals surface area contributed by atoms with E-state index in [9.17, 15) is 0 Å². The fraction of sp³-hybridized carbons (Fsp3) is 0.357. The summed E-state index contributed by atoms with van der Waals surface area (Å²) >= 11 is 1.64. The quantitative estimate of drug-likeness (QED) is 0.899. The molecule has 0 saturated heterocycles. The average Bonchev–Trinajstić information content (AvgIpc) is 2.82. The zero-order valence-electron chi connectivity index (χ0n) is 10.9. The first-order valence-electron chi connectivity index (χ1n) is 6.08. The molecular formula is C14H19N3S. The molecule has 1 heterocycles. The predicted octanol–water partition coefficient (Wildman–Crippen LogP) is 2.59. The number of aryl methyl sites for hydroxylation is 1. The minimum Gasteiger partial charge on any atom is -0.368 e. The van der Waals surface area contributed by atoms with E-state index in [0.717, 1.165) is 18.7 Å². The molecule has 0 fully saturated rings. The zero-order valence-corrected chi connectivity index (χ0v) is 11.7. The van der Waals surface area contributed by atoms with Crippen LogP contribution < -0.4 is 10.6 Å². The van der Waals surface area contributed by atoms with Crippen LogP contribution in [0, 0.1) is 6.92 Å². The molecule has 0 aliphatic heterocycles. The molecule has 0 unspecified atom stereocenters. The Kier molecular flexibility index (Phi) is 4.33. The van der Waals surface area contributed by atoms with Gasteiger partial charge in [0.25, 0.3) is 0 Å². The summed E-state index contributed by atoms with van der Waals surface area (Å²) in [4.78, 5) is 6.56. The third-order valence-corrected chi connectivity index (χ3v) is 3.58. The van der Waals surface area contributed by atoms with Gasteiger partial charge < -0.3 is 10.6 Å². The van der Waals surface area contributed by atoms with Crippen molar-refractivity contribution in [3.63, 3.8) is 0 Å². The number of hydrogen-bond donors (Lipinski definition) is 1. The molecule has 2 N–H and O–H groups in total. The summed E-state index contributed by atoms with van der Waals surface area (Å²) in [5.41, 5.74) is 12.5. The van der Waals surface area contributed by atoms with Crippen LogP contribution in [-0.2, 0) is 13.0 Å². The molecule has 2 rings (SSSR count). The van der Waals surface area contributed by atoms with Crippen molar-refractivity contribution in [2.24, 2.45) is 5.73 Å². The molecule has 1 aromatic heterocycles. The van der Waals surface area contributed by atoms with Gasteiger partial charge in [-0.05, 0) is 31.5 Å². The molecule has 0 saturated carbocycles. The number of hydrogen-bond acceptors (Lipinski definition) is 4. The maximum Gasteiger partial charge on any atom is 0.0795 e. The average molecular weight is 261 g/mol. The highest BCUT2D eigenvalue weighted by molar-refractivity contribution is 7.07. The van der Waals surface area contributed by atoms with E-state index in [2.05, 4.69) is 47.4 Å². The summed E-state index contributed by atoms with van der Waals surface area (Å²) in [7, 11) is 2.10. The van der Waals surface area contributed by atoms with Gasteiger partial charge in [-0.3, -0.25) is 0 Å². The van der Waals surface area contributed by atoms with Gasteiger partial charge in [-0.25, -0.2) is 4.98 Å². The molecule has 0 bridgehead atoms. The van der Waals surface area contributed by atoms with Crippen LogP contribution in [-0.4, -0.2) is 18.6 Å². The number of nitrogens with zero attached hydrogens (tertiary/aromatic N) is 2. The molecule has 0 aliphatic rings. The molecule has 1 aromatic carbocycles. The molecule has 2 aromatic rings. The molecule has 0 amide bonds. The number of anilines is 1. The Morgan fingerprint density at radius 3 is 2.89 bits per heavy atom. The SMILES string of the molecule is Cc1ccc(N(C)Cc2cscn2)c(CCN)c1. The van der Waals surface area contributed by atoms with Gasteiger partial charge in [-0.15, -0.1) is 11.3 Å². The minimum atomic E-state index is 0.682. The second kappa shape index (κ2) is 5.98. The zero-order chi connectivity index (χ0) is 13.0. The summed E-state index contributed by atoms with van der Waals surface area (Å²) in [5.74, 6) is 0. The lowest BCUT2D eigenvalue weighted by Gasteiger charge is -2.22. The second-order valence-corrected chi connectivity index (χ2v) is 5.23. The summed E-state index contributed by atoms with van der Waals surface area (Å²) in [6.45, 7) is 3.63. The van der Waals surface area contributed by atoms with Gasteiger partial charge in [0, 0.05) is 18.1 Å². The standard InChI is InChI=1S/C14H19N3S/c1-11-3-4-14(12(7-11)5-6-15)17(2)8-13-9-18-10-16-13/h3-4,7,9-10H,5-6,8,15H2,1-2H3. The molecule has 0 aliphatic carbocycles. The topological polar surface area (TPSA) is 42.2 Å². The highest BCUT2D eigenvalue weighted by Gasteiger charge is 2.08. The van der Waals surface area contributed by atoms with E-state index < -0.39 is 0 Å². The van der Waals surface area contributed by atoms with Crippen LogP contribution >= 0.6 is 11.3 Å². The third-order valence-electron chi connectivity index (χ3n) is 2.94. The highest BCUT2D eigenvalue weighted by atomic mass is 32.1. The summed E-state index contributed by atoms with van der Waals surface area (Å²) < 4.78 is 0. The van der Waals surface area contributed by atoms with Crippen molar-refractivity contribution in [3.8, 4) is 0 Å². The number of aromatic nitrogens is 1. The van der Waals surface area contributed by atoms with Crippen molar-refractivity contribution in [3.05, 3.63) is 45.9 Å². The van der Waals surface area contributed by atoms with E-state index in [0.29, 0.717) is 6.54 Å². The largest absolute Gasteiger partial charge is 0.368 e. The van der Waals surface area contributed by atoms with E-state index in [4.69, 9.17) is 5.73 Å². The van der Waals surface area contributed by atoms with Crippen LogP contribution in [0.15, 0.2) is 29.1 Å². The number of thiazole rings is 1. The van der Waals surface area contributed by atoms with Crippen LogP contribution in [0.1, 0.15) is 16.8 Å². The Labute approximate surface area is 112 Å². The first-order chi connectivity index (χ1) is 8.70. The molecular weight excluding hydrogens is 242 g/mol. The van der Waals surface area contributed by atoms with Gasteiger partial charge in [0.15, 0.2) is 0 Å². The molecule has 0 radical (unpaired) electrons. The van der Waals surface area contributed by atoms with Crippen molar-refractivity contribution < 1.29 is 0 Å². The van der Waals surface area contributed by atoms with Gasteiger partial charge in [-0.1, -0.05) is 17.7 Å². The third kappa shape index (κ3) is 3.09. The lowest BCUT2D eigenvalue weighted by atomic mass is 10.1. The van der Waals surface area contributed by atoms with Gasteiger partial charge in [0.05, 0.1) is 17.7 Å². The van der Waals surface area contributed by atoms with Crippen molar-refractivity contribution >= 4 is 17.0 Å². The molecule has 4 heteroatoms. The maximum atomic E-state index is 5.69. The van der Waals surface area contributed by atoms with Crippen LogP contribution in [0.5, 0.6) is 0 Å². The summed E-state index contributed by atoms with van der Waals surface area (Å²) in [6, 6.07) is 6.54. The van der Waals surface area contributed by atoms with Crippen LogP contribution in [0.3, 0.4) is 0 Å². The minimum absolute atomic E-state index is 0.682. The highest BCUT2D eigenvalue weighted by Crippen LogP contribution is 2.23. The Balaban J connectivity index is 2.20. The van der Waals surface area contributed by atoms with Crippen molar-refractivity contribution in [2.45, 2.75) is 19.9 Å². The number of benzene rings is 1. The molecule has 18 heavy (non-hydrogen) atoms. The predicted molar refractivity (Wildman–Crippen MR) is 78.2 cm³/mol. The first-order valence-corrected chi connectivity index (χ1v) is 7.03. The van der Waals surface area contributed by atoms with E-state index in [-0.39, 0.29) is 0 Å². The molecule has 3 nitrogen and oxygen atoms in total. The Hall–Kier alpha value is -1.39. The van der Waals surface area contributed by atoms with Gasteiger partial charge in [0.1, 0.15) is 0 Å². The van der Waals surface area contributed by atoms with Gasteiger partial charge in [0.2, 0.25) is 0 Å². The van der Waals surface area contributed by atoms with Crippen molar-refractivity contribution in [2.75, 3.05) is 18.5 Å². The fourth-order valence-corrected chi connectivity index (χ4v) is 2.64. The van der Waals surface area contributed by atoms with Crippen LogP contribution in [0.2, 0.25) is 0 Å². The molecule has 96 valence electrons. The lowest BCUT2D eigenvalue weighted by molar-refractivity contribution is 0.872. The van der Waals surface area contributed by atoms with Crippen LogP contribution in [0.4, 0.5) is 5.69 Å². The van der Waals surface area contributed by atoms with Crippen molar-refractivity contribution in [1.82, 2.24) is 4.98 Å². The van der Waals surface area contributed by atoms with E-state index >= 15 is 0 Å². The maximum absolute atomic E-state index is 5.69. The normalized spacial score (nSPS) is 10.6. The Morgan fingerprint density at radius 1 is 1.39 bits per heavy atom. The number of nitrogens with two attached hydrogens (primary N) is 1. The lowest BCUT2D eigenvalue weighted by Crippen LogP contribution is -2.19. The Morgan fingerprint density at radius 2 is 2.22 bits per heavy atom. The van der Waals surface area contributed by atoms with E-state index in [1.807, 2.05) is 5.51 Å². The summed E-state index contributed by atoms with van der Waals surface area (Å²) in [5, 5.41) is 2.09. The second-order valence-electron chi connectivity index (χ2n) is 4.51. The molecule has 0 atom stereocenters. The van der Waals surface area contributed by atoms with E-state index in [1.54, 1.807) is 11.3 Å². The van der Waals surface area contributed by atoms with Gasteiger partial charge in [-0.2, -0.15) is 0 Å². The number of rotatable bonds is 5. The smallest absolute Gasteiger partial charge is 0.0795 e. The fourth-order valence-electron chi connectivity index (χ4n) is 2.09. The summed E-state index contributed by atoms with van der Waals surface area (Å²) in [6.07, 6.45) is 0.915. The Bertz CT molecular complexity index is 494. The monoisotopic (exact) mass is 261 g/mol.